The number of amides is 1. The highest BCUT2D eigenvalue weighted by molar-refractivity contribution is 7.18. The van der Waals surface area contributed by atoms with Crippen LogP contribution in [0.5, 0.6) is 5.75 Å². The number of likely N-dealkylation sites (tertiary alicyclic amines) is 1. The molecular formula is C25H34N6O2S. The molecule has 0 radical (unpaired) electrons. The molecule has 182 valence electrons. The van der Waals surface area contributed by atoms with Gasteiger partial charge in [-0.25, -0.2) is 9.97 Å². The summed E-state index contributed by atoms with van der Waals surface area (Å²) in [6.07, 6.45) is 2.92. The molecule has 0 bridgehead atoms. The highest BCUT2D eigenvalue weighted by atomic mass is 32.1. The molecule has 1 N–H and O–H groups in total. The molecule has 1 fully saturated rings. The Morgan fingerprint density at radius 3 is 2.76 bits per heavy atom. The number of aryl methyl sites for hydroxylation is 2. The Labute approximate surface area is 205 Å². The Morgan fingerprint density at radius 2 is 2.09 bits per heavy atom. The van der Waals surface area contributed by atoms with E-state index in [1.807, 2.05) is 44.9 Å². The second-order valence-electron chi connectivity index (χ2n) is 10.2. The second-order valence-corrected chi connectivity index (χ2v) is 11.4. The van der Waals surface area contributed by atoms with Crippen LogP contribution < -0.4 is 15.0 Å². The molecule has 1 aliphatic rings. The fraction of sp³-hybridized carbons (Fsp3) is 0.520. The number of nitrogens with zero attached hydrogens (tertiary/aromatic N) is 5. The summed E-state index contributed by atoms with van der Waals surface area (Å²) in [6.45, 7) is 12.2. The van der Waals surface area contributed by atoms with Gasteiger partial charge in [0.15, 0.2) is 5.82 Å². The Balaban J connectivity index is 1.68. The average Bonchev–Trinajstić information content (AvgIpc) is 3.28. The molecule has 8 nitrogen and oxygen atoms in total. The van der Waals surface area contributed by atoms with Crippen LogP contribution in [0.1, 0.15) is 37.6 Å². The topological polar surface area (TPSA) is 83.5 Å². The van der Waals surface area contributed by atoms with Gasteiger partial charge in [0.05, 0.1) is 11.9 Å². The fourth-order valence-corrected chi connectivity index (χ4v) is 5.18. The Morgan fingerprint density at radius 1 is 1.32 bits per heavy atom. The van der Waals surface area contributed by atoms with Gasteiger partial charge >= 0.3 is 0 Å². The van der Waals surface area contributed by atoms with Gasteiger partial charge in [0.1, 0.15) is 28.2 Å². The Bertz CT molecular complexity index is 1200. The zero-order chi connectivity index (χ0) is 24.6. The molecule has 3 aromatic rings. The molecule has 4 rings (SSSR count). The molecule has 1 aliphatic heterocycles. The van der Waals surface area contributed by atoms with Gasteiger partial charge < -0.3 is 19.9 Å². The normalized spacial score (nSPS) is 16.7. The van der Waals surface area contributed by atoms with Crippen LogP contribution >= 0.6 is 11.3 Å². The predicted molar refractivity (Wildman–Crippen MR) is 138 cm³/mol. The number of ether oxygens (including phenoxy) is 1. The molecule has 3 aromatic heterocycles. The van der Waals surface area contributed by atoms with Crippen molar-refractivity contribution in [2.75, 3.05) is 38.6 Å². The average molecular weight is 483 g/mol. The van der Waals surface area contributed by atoms with Gasteiger partial charge in [-0.3, -0.25) is 9.78 Å². The summed E-state index contributed by atoms with van der Waals surface area (Å²) in [5.74, 6) is 1.98. The van der Waals surface area contributed by atoms with E-state index in [0.717, 1.165) is 46.9 Å². The lowest BCUT2D eigenvalue weighted by molar-refractivity contribution is -0.121. The molecule has 4 heterocycles. The van der Waals surface area contributed by atoms with Crippen molar-refractivity contribution in [2.24, 2.45) is 0 Å². The van der Waals surface area contributed by atoms with E-state index in [2.05, 4.69) is 36.1 Å². The largest absolute Gasteiger partial charge is 0.489 e. The van der Waals surface area contributed by atoms with Crippen molar-refractivity contribution in [1.29, 1.82) is 0 Å². The molecule has 1 atom stereocenters. The minimum atomic E-state index is -0.294. The lowest BCUT2D eigenvalue weighted by atomic mass is 10.1. The first-order chi connectivity index (χ1) is 16.0. The summed E-state index contributed by atoms with van der Waals surface area (Å²) < 4.78 is 6.20. The first-order valence-electron chi connectivity index (χ1n) is 11.6. The van der Waals surface area contributed by atoms with Crippen LogP contribution in [0.2, 0.25) is 0 Å². The minimum Gasteiger partial charge on any atom is -0.489 e. The zero-order valence-corrected chi connectivity index (χ0v) is 21.9. The van der Waals surface area contributed by atoms with Crippen LogP contribution in [0.25, 0.3) is 21.7 Å². The van der Waals surface area contributed by atoms with Crippen molar-refractivity contribution in [1.82, 2.24) is 25.2 Å². The number of nitrogens with one attached hydrogen (secondary N) is 1. The Kier molecular flexibility index (Phi) is 6.78. The monoisotopic (exact) mass is 482 g/mol. The summed E-state index contributed by atoms with van der Waals surface area (Å²) in [6, 6.07) is 3.78. The molecule has 1 amide bonds. The molecule has 0 aromatic carbocycles. The zero-order valence-electron chi connectivity index (χ0n) is 21.1. The predicted octanol–water partition coefficient (Wildman–Crippen LogP) is 3.80. The number of anilines is 1. The Hall–Kier alpha value is -2.78. The minimum absolute atomic E-state index is 0.0528. The number of pyridine rings is 1. The number of carbonyl (C=O) groups is 1. The molecule has 1 saturated heterocycles. The maximum Gasteiger partial charge on any atom is 0.239 e. The quantitative estimate of drug-likeness (QED) is 0.572. The first kappa shape index (κ1) is 24.3. The van der Waals surface area contributed by atoms with Crippen LogP contribution in [0.4, 0.5) is 5.82 Å². The number of thiophene rings is 1. The summed E-state index contributed by atoms with van der Waals surface area (Å²) in [5.41, 5.74) is 1.50. The van der Waals surface area contributed by atoms with E-state index in [4.69, 9.17) is 14.7 Å². The first-order valence-corrected chi connectivity index (χ1v) is 12.4. The summed E-state index contributed by atoms with van der Waals surface area (Å²) in [4.78, 5) is 33.1. The molecule has 0 unspecified atom stereocenters. The maximum atomic E-state index is 12.6. The van der Waals surface area contributed by atoms with Crippen LogP contribution in [0, 0.1) is 13.8 Å². The van der Waals surface area contributed by atoms with Crippen molar-refractivity contribution in [3.63, 3.8) is 0 Å². The van der Waals surface area contributed by atoms with Crippen LogP contribution in [0.3, 0.4) is 0 Å². The fourth-order valence-electron chi connectivity index (χ4n) is 4.16. The van der Waals surface area contributed by atoms with Gasteiger partial charge in [-0.2, -0.15) is 0 Å². The lowest BCUT2D eigenvalue weighted by Gasteiger charge is -2.24. The highest BCUT2D eigenvalue weighted by Gasteiger charge is 2.23. The van der Waals surface area contributed by atoms with Gasteiger partial charge in [-0.15, -0.1) is 11.3 Å². The van der Waals surface area contributed by atoms with Gasteiger partial charge in [-0.05, 0) is 59.7 Å². The summed E-state index contributed by atoms with van der Waals surface area (Å²) >= 11 is 1.64. The summed E-state index contributed by atoms with van der Waals surface area (Å²) in [5, 5.41) is 4.01. The van der Waals surface area contributed by atoms with Crippen LogP contribution in [-0.4, -0.2) is 71.1 Å². The van der Waals surface area contributed by atoms with E-state index in [1.165, 1.54) is 4.88 Å². The van der Waals surface area contributed by atoms with Crippen molar-refractivity contribution in [2.45, 2.75) is 52.7 Å². The number of likely N-dealkylation sites (N-methyl/N-ethyl adjacent to an activating group) is 2. The SMILES string of the molecule is Cc1sc2nc(-c3cc(O[C@@H]4CCN(C)C4)ccn3)nc(N(C)CC(=O)NC(C)(C)C)c2c1C. The van der Waals surface area contributed by atoms with Crippen LogP contribution in [0.15, 0.2) is 18.3 Å². The third-order valence-electron chi connectivity index (χ3n) is 5.88. The second kappa shape index (κ2) is 9.46. The van der Waals surface area contributed by atoms with Gasteiger partial charge in [0.2, 0.25) is 5.91 Å². The van der Waals surface area contributed by atoms with E-state index >= 15 is 0 Å². The van der Waals surface area contributed by atoms with E-state index in [0.29, 0.717) is 11.5 Å². The number of rotatable bonds is 6. The number of fused-ring (bicyclic) bond motifs is 1. The third-order valence-corrected chi connectivity index (χ3v) is 6.98. The number of hydrogen-bond acceptors (Lipinski definition) is 8. The van der Waals surface area contributed by atoms with Crippen LogP contribution in [-0.2, 0) is 4.79 Å². The van der Waals surface area contributed by atoms with E-state index < -0.39 is 0 Å². The third kappa shape index (κ3) is 5.47. The van der Waals surface area contributed by atoms with Crippen molar-refractivity contribution in [3.05, 3.63) is 28.8 Å². The van der Waals surface area contributed by atoms with E-state index in [-0.39, 0.29) is 24.1 Å². The smallest absolute Gasteiger partial charge is 0.239 e. The number of aromatic nitrogens is 3. The standard InChI is InChI=1S/C25H34N6O2S/c1-15-16(2)34-24-21(15)23(31(7)14-20(32)29-25(3,4)5)27-22(28-24)19-12-17(8-10-26-19)33-18-9-11-30(6)13-18/h8,10,12,18H,9,11,13-14H2,1-7H3,(H,29,32)/t18-/m1/s1. The highest BCUT2D eigenvalue weighted by Crippen LogP contribution is 2.36. The summed E-state index contributed by atoms with van der Waals surface area (Å²) in [7, 11) is 4.00. The molecule has 0 saturated carbocycles. The molecule has 9 heteroatoms. The maximum absolute atomic E-state index is 12.6. The molecule has 34 heavy (non-hydrogen) atoms. The van der Waals surface area contributed by atoms with E-state index in [9.17, 15) is 4.79 Å². The lowest BCUT2D eigenvalue weighted by Crippen LogP contribution is -2.45. The van der Waals surface area contributed by atoms with E-state index in [1.54, 1.807) is 17.5 Å². The number of carbonyl (C=O) groups excluding carboxylic acids is 1. The molecular weight excluding hydrogens is 448 g/mol. The van der Waals surface area contributed by atoms with Gasteiger partial charge in [-0.1, -0.05) is 0 Å². The van der Waals surface area contributed by atoms with Gasteiger partial charge in [0.25, 0.3) is 0 Å². The van der Waals surface area contributed by atoms with Crippen molar-refractivity contribution >= 4 is 33.3 Å². The molecule has 0 spiro atoms. The van der Waals surface area contributed by atoms with Crippen molar-refractivity contribution in [3.8, 4) is 17.3 Å². The van der Waals surface area contributed by atoms with Crippen molar-refractivity contribution < 1.29 is 9.53 Å². The molecule has 0 aliphatic carbocycles. The number of hydrogen-bond donors (Lipinski definition) is 1. The van der Waals surface area contributed by atoms with Gasteiger partial charge in [0, 0.05) is 42.8 Å².